The molecule has 0 bridgehead atoms. The molecule has 3 rings (SSSR count). The Kier molecular flexibility index (Phi) is 4.10. The number of rotatable bonds is 5. The number of carboxylic acid groups (broad SMARTS) is 1. The number of nitrogens with zero attached hydrogens (tertiary/aromatic N) is 1. The first kappa shape index (κ1) is 14.8. The molecule has 116 valence electrons. The van der Waals surface area contributed by atoms with Gasteiger partial charge < -0.3 is 14.3 Å². The summed E-state index contributed by atoms with van der Waals surface area (Å²) in [5, 5.41) is 8.78. The summed E-state index contributed by atoms with van der Waals surface area (Å²) in [6.45, 7) is 2.14. The molecular weight excluding hydrogens is 294 g/mol. The maximum atomic E-state index is 10.7. The molecule has 1 N–H and O–H groups in total. The van der Waals surface area contributed by atoms with Crippen LogP contribution in [0.25, 0.3) is 11.1 Å². The van der Waals surface area contributed by atoms with Crippen molar-refractivity contribution >= 4 is 5.97 Å². The van der Waals surface area contributed by atoms with E-state index >= 15 is 0 Å². The number of ether oxygens (including phenoxy) is 1. The van der Waals surface area contributed by atoms with Crippen molar-refractivity contribution in [3.05, 3.63) is 71.9 Å². The third-order valence-electron chi connectivity index (χ3n) is 3.37. The van der Waals surface area contributed by atoms with Crippen LogP contribution < -0.4 is 4.74 Å². The van der Waals surface area contributed by atoms with Gasteiger partial charge in [-0.15, -0.1) is 0 Å². The van der Waals surface area contributed by atoms with Crippen molar-refractivity contribution in [2.45, 2.75) is 13.5 Å². The molecule has 1 aromatic heterocycles. The second-order valence-electron chi connectivity index (χ2n) is 5.11. The van der Waals surface area contributed by atoms with Crippen LogP contribution in [-0.2, 0) is 6.61 Å². The highest BCUT2D eigenvalue weighted by Gasteiger charge is 2.10. The van der Waals surface area contributed by atoms with E-state index in [0.717, 1.165) is 17.4 Å². The highest BCUT2D eigenvalue weighted by molar-refractivity contribution is 5.84. The molecule has 0 amide bonds. The predicted molar refractivity (Wildman–Crippen MR) is 84.4 cm³/mol. The monoisotopic (exact) mass is 309 g/mol. The maximum absolute atomic E-state index is 10.7. The largest absolute Gasteiger partial charge is 0.484 e. The standard InChI is InChI=1S/C18H15NO4/c1-12-2-4-13(5-3-12)14-6-8-15(9-7-14)22-11-17-19-16(10-23-17)18(20)21/h2-10H,11H2,1H3,(H,20,21). The van der Waals surface area contributed by atoms with Crippen LogP contribution in [0.4, 0.5) is 0 Å². The number of aryl methyl sites for hydroxylation is 1. The Morgan fingerprint density at radius 3 is 2.26 bits per heavy atom. The van der Waals surface area contributed by atoms with Crippen LogP contribution in [0.5, 0.6) is 5.75 Å². The first-order valence-electron chi connectivity index (χ1n) is 7.09. The average molecular weight is 309 g/mol. The molecule has 5 heteroatoms. The highest BCUT2D eigenvalue weighted by atomic mass is 16.5. The molecule has 0 atom stereocenters. The molecule has 0 fully saturated rings. The zero-order valence-electron chi connectivity index (χ0n) is 12.5. The topological polar surface area (TPSA) is 72.6 Å². The van der Waals surface area contributed by atoms with E-state index in [0.29, 0.717) is 5.75 Å². The molecule has 0 aliphatic heterocycles. The smallest absolute Gasteiger partial charge is 0.357 e. The summed E-state index contributed by atoms with van der Waals surface area (Å²) in [4.78, 5) is 14.5. The summed E-state index contributed by atoms with van der Waals surface area (Å²) in [7, 11) is 0. The number of carbonyl (C=O) groups is 1. The van der Waals surface area contributed by atoms with Crippen molar-refractivity contribution in [1.82, 2.24) is 4.98 Å². The number of benzene rings is 2. The van der Waals surface area contributed by atoms with Crippen molar-refractivity contribution in [1.29, 1.82) is 0 Å². The van der Waals surface area contributed by atoms with Crippen LogP contribution in [0.1, 0.15) is 21.9 Å². The summed E-state index contributed by atoms with van der Waals surface area (Å²) < 4.78 is 10.6. The van der Waals surface area contributed by atoms with E-state index in [2.05, 4.69) is 36.2 Å². The molecule has 0 saturated carbocycles. The van der Waals surface area contributed by atoms with Gasteiger partial charge >= 0.3 is 5.97 Å². The van der Waals surface area contributed by atoms with Gasteiger partial charge in [0.05, 0.1) is 0 Å². The zero-order valence-corrected chi connectivity index (χ0v) is 12.5. The molecule has 3 aromatic rings. The second kappa shape index (κ2) is 6.36. The molecule has 1 heterocycles. The molecule has 2 aromatic carbocycles. The SMILES string of the molecule is Cc1ccc(-c2ccc(OCc3nc(C(=O)O)co3)cc2)cc1. The van der Waals surface area contributed by atoms with E-state index in [1.165, 1.54) is 5.56 Å². The van der Waals surface area contributed by atoms with Crippen LogP contribution in [0.3, 0.4) is 0 Å². The van der Waals surface area contributed by atoms with Gasteiger partial charge in [-0.25, -0.2) is 9.78 Å². The first-order valence-corrected chi connectivity index (χ1v) is 7.09. The fourth-order valence-electron chi connectivity index (χ4n) is 2.11. The number of aromatic nitrogens is 1. The minimum Gasteiger partial charge on any atom is -0.484 e. The van der Waals surface area contributed by atoms with Gasteiger partial charge in [-0.05, 0) is 30.2 Å². The molecule has 5 nitrogen and oxygen atoms in total. The molecular formula is C18H15NO4. The van der Waals surface area contributed by atoms with E-state index in [1.807, 2.05) is 24.3 Å². The van der Waals surface area contributed by atoms with Crippen LogP contribution in [0.15, 0.2) is 59.2 Å². The second-order valence-corrected chi connectivity index (χ2v) is 5.11. The normalized spacial score (nSPS) is 10.5. The van der Waals surface area contributed by atoms with Crippen LogP contribution >= 0.6 is 0 Å². The van der Waals surface area contributed by atoms with Crippen molar-refractivity contribution in [3.8, 4) is 16.9 Å². The minimum atomic E-state index is -1.12. The predicted octanol–water partition coefficient (Wildman–Crippen LogP) is 3.93. The lowest BCUT2D eigenvalue weighted by Gasteiger charge is -2.06. The molecule has 0 aliphatic rings. The van der Waals surface area contributed by atoms with Crippen molar-refractivity contribution < 1.29 is 19.1 Å². The quantitative estimate of drug-likeness (QED) is 0.773. The summed E-state index contributed by atoms with van der Waals surface area (Å²) in [5.74, 6) is -0.233. The Bertz CT molecular complexity index is 804. The Labute approximate surface area is 133 Å². The van der Waals surface area contributed by atoms with Crippen molar-refractivity contribution in [2.75, 3.05) is 0 Å². The Hall–Kier alpha value is -3.08. The third-order valence-corrected chi connectivity index (χ3v) is 3.37. The minimum absolute atomic E-state index is 0.0805. The van der Waals surface area contributed by atoms with Gasteiger partial charge in [0.15, 0.2) is 12.3 Å². The lowest BCUT2D eigenvalue weighted by atomic mass is 10.0. The van der Waals surface area contributed by atoms with Gasteiger partial charge in [0.1, 0.15) is 12.0 Å². The van der Waals surface area contributed by atoms with Crippen LogP contribution in [0.2, 0.25) is 0 Å². The molecule has 0 aliphatic carbocycles. The lowest BCUT2D eigenvalue weighted by Crippen LogP contribution is -1.99. The molecule has 23 heavy (non-hydrogen) atoms. The zero-order chi connectivity index (χ0) is 16.2. The van der Waals surface area contributed by atoms with Gasteiger partial charge in [-0.2, -0.15) is 0 Å². The van der Waals surface area contributed by atoms with Crippen LogP contribution in [-0.4, -0.2) is 16.1 Å². The Morgan fingerprint density at radius 2 is 1.70 bits per heavy atom. The van der Waals surface area contributed by atoms with Crippen molar-refractivity contribution in [3.63, 3.8) is 0 Å². The summed E-state index contributed by atoms with van der Waals surface area (Å²) in [6.07, 6.45) is 1.10. The van der Waals surface area contributed by atoms with E-state index in [-0.39, 0.29) is 18.2 Å². The van der Waals surface area contributed by atoms with Crippen LogP contribution in [0, 0.1) is 6.92 Å². The molecule has 0 radical (unpaired) electrons. The summed E-state index contributed by atoms with van der Waals surface area (Å²) >= 11 is 0. The third kappa shape index (κ3) is 3.58. The van der Waals surface area contributed by atoms with Crippen molar-refractivity contribution in [2.24, 2.45) is 0 Å². The fourth-order valence-corrected chi connectivity index (χ4v) is 2.11. The molecule has 0 spiro atoms. The lowest BCUT2D eigenvalue weighted by molar-refractivity contribution is 0.0690. The number of aromatic carboxylic acids is 1. The van der Waals surface area contributed by atoms with Gasteiger partial charge in [0.2, 0.25) is 5.89 Å². The number of carboxylic acids is 1. The van der Waals surface area contributed by atoms with E-state index in [9.17, 15) is 4.79 Å². The van der Waals surface area contributed by atoms with Gasteiger partial charge in [-0.3, -0.25) is 0 Å². The van der Waals surface area contributed by atoms with E-state index < -0.39 is 5.97 Å². The van der Waals surface area contributed by atoms with Gasteiger partial charge in [0.25, 0.3) is 0 Å². The number of oxazole rings is 1. The summed E-state index contributed by atoms with van der Waals surface area (Å²) in [6, 6.07) is 15.9. The molecule has 0 saturated heterocycles. The van der Waals surface area contributed by atoms with E-state index in [1.54, 1.807) is 0 Å². The fraction of sp³-hybridized carbons (Fsp3) is 0.111. The summed E-state index contributed by atoms with van der Waals surface area (Å²) in [5.41, 5.74) is 3.33. The Balaban J connectivity index is 1.65. The van der Waals surface area contributed by atoms with Gasteiger partial charge in [0, 0.05) is 0 Å². The van der Waals surface area contributed by atoms with Gasteiger partial charge in [-0.1, -0.05) is 42.0 Å². The number of hydrogen-bond acceptors (Lipinski definition) is 4. The average Bonchev–Trinajstić information content (AvgIpc) is 3.04. The Morgan fingerprint density at radius 1 is 1.09 bits per heavy atom. The van der Waals surface area contributed by atoms with E-state index in [4.69, 9.17) is 14.3 Å². The number of hydrogen-bond donors (Lipinski definition) is 1. The highest BCUT2D eigenvalue weighted by Crippen LogP contribution is 2.23. The molecule has 0 unspecified atom stereocenters. The maximum Gasteiger partial charge on any atom is 0.357 e. The first-order chi connectivity index (χ1) is 11.1.